The zero-order valence-corrected chi connectivity index (χ0v) is 22.3. The summed E-state index contributed by atoms with van der Waals surface area (Å²) in [5.74, 6) is 1.76. The molecule has 5 nitrogen and oxygen atoms in total. The summed E-state index contributed by atoms with van der Waals surface area (Å²) >= 11 is 0. The molecule has 0 bridgehead atoms. The van der Waals surface area contributed by atoms with Crippen LogP contribution in [0.2, 0.25) is 0 Å². The number of carbonyl (C=O) groups is 1. The van der Waals surface area contributed by atoms with Gasteiger partial charge in [-0.15, -0.1) is 0 Å². The van der Waals surface area contributed by atoms with Crippen molar-refractivity contribution in [1.82, 2.24) is 0 Å². The fraction of sp³-hybridized carbons (Fsp3) is 0.552. The molecule has 0 aliphatic rings. The van der Waals surface area contributed by atoms with Gasteiger partial charge in [-0.05, 0) is 97.4 Å². The molecule has 0 amide bonds. The van der Waals surface area contributed by atoms with Gasteiger partial charge in [0.15, 0.2) is 5.78 Å². The van der Waals surface area contributed by atoms with E-state index in [2.05, 4.69) is 12.2 Å². The number of aliphatic hydroxyl groups is 2. The highest BCUT2D eigenvalue weighted by molar-refractivity contribution is 5.91. The maximum atomic E-state index is 12.5. The predicted octanol–water partition coefficient (Wildman–Crippen LogP) is 6.05. The molecule has 1 aromatic rings. The maximum Gasteiger partial charge on any atom is 0.159 e. The van der Waals surface area contributed by atoms with Crippen molar-refractivity contribution in [1.29, 1.82) is 0 Å². The number of carbonyl (C=O) groups excluding carboxylic acids is 1. The van der Waals surface area contributed by atoms with Gasteiger partial charge >= 0.3 is 0 Å². The van der Waals surface area contributed by atoms with Gasteiger partial charge in [-0.3, -0.25) is 4.79 Å². The van der Waals surface area contributed by atoms with Gasteiger partial charge in [0, 0.05) is 12.0 Å². The minimum Gasteiger partial charge on any atom is -0.497 e. The molecule has 0 spiro atoms. The molecule has 0 radical (unpaired) electrons. The molecule has 1 aromatic carbocycles. The van der Waals surface area contributed by atoms with Crippen LogP contribution in [0.25, 0.3) is 0 Å². The Hall–Kier alpha value is -2.37. The molecule has 34 heavy (non-hydrogen) atoms. The minimum absolute atomic E-state index is 0.106. The summed E-state index contributed by atoms with van der Waals surface area (Å²) in [4.78, 5) is 12.5. The second-order valence-corrected chi connectivity index (χ2v) is 9.82. The maximum absolute atomic E-state index is 12.5. The lowest BCUT2D eigenvalue weighted by atomic mass is 9.95. The number of ether oxygens (including phenoxy) is 2. The summed E-state index contributed by atoms with van der Waals surface area (Å²) < 4.78 is 10.9. The van der Waals surface area contributed by atoms with Crippen LogP contribution < -0.4 is 9.47 Å². The van der Waals surface area contributed by atoms with E-state index in [0.29, 0.717) is 19.3 Å². The molecule has 0 aliphatic carbocycles. The second kappa shape index (κ2) is 14.1. The number of allylic oxidation sites excluding steroid dienone is 6. The van der Waals surface area contributed by atoms with Gasteiger partial charge in [-0.25, -0.2) is 0 Å². The van der Waals surface area contributed by atoms with Crippen molar-refractivity contribution >= 4 is 5.78 Å². The first-order valence-electron chi connectivity index (χ1n) is 12.0. The third-order valence-electron chi connectivity index (χ3n) is 5.95. The van der Waals surface area contributed by atoms with Crippen molar-refractivity contribution in [3.05, 3.63) is 58.2 Å². The van der Waals surface area contributed by atoms with Crippen LogP contribution in [-0.2, 0) is 11.2 Å². The van der Waals surface area contributed by atoms with Crippen LogP contribution in [-0.4, -0.2) is 41.9 Å². The van der Waals surface area contributed by atoms with Crippen LogP contribution in [0.1, 0.15) is 77.8 Å². The minimum atomic E-state index is -1.08. The summed E-state index contributed by atoms with van der Waals surface area (Å²) in [5.41, 5.74) is 4.25. The molecule has 0 aliphatic heterocycles. The Morgan fingerprint density at radius 3 is 2.29 bits per heavy atom. The van der Waals surface area contributed by atoms with E-state index in [1.165, 1.54) is 5.57 Å². The Morgan fingerprint density at radius 1 is 1.03 bits per heavy atom. The molecule has 0 saturated carbocycles. The molecule has 2 N–H and O–H groups in total. The van der Waals surface area contributed by atoms with E-state index in [1.807, 2.05) is 39.8 Å². The number of rotatable bonds is 14. The van der Waals surface area contributed by atoms with E-state index in [4.69, 9.17) is 9.47 Å². The van der Waals surface area contributed by atoms with Crippen molar-refractivity contribution in [2.45, 2.75) is 91.8 Å². The number of aryl methyl sites for hydroxylation is 1. The highest BCUT2D eigenvalue weighted by Gasteiger charge is 2.23. The summed E-state index contributed by atoms with van der Waals surface area (Å²) in [6, 6.07) is 3.92. The van der Waals surface area contributed by atoms with Crippen LogP contribution in [0.5, 0.6) is 11.5 Å². The van der Waals surface area contributed by atoms with Gasteiger partial charge in [0.2, 0.25) is 0 Å². The Kier molecular flexibility index (Phi) is 12.3. The highest BCUT2D eigenvalue weighted by Crippen LogP contribution is 2.29. The quantitative estimate of drug-likeness (QED) is 0.255. The molecule has 0 fully saturated rings. The number of benzene rings is 1. The van der Waals surface area contributed by atoms with Gasteiger partial charge in [0.1, 0.15) is 11.5 Å². The average Bonchev–Trinajstić information content (AvgIpc) is 2.74. The zero-order valence-electron chi connectivity index (χ0n) is 22.3. The topological polar surface area (TPSA) is 76.0 Å². The molecule has 1 atom stereocenters. The third kappa shape index (κ3) is 10.7. The van der Waals surface area contributed by atoms with Crippen molar-refractivity contribution in [3.63, 3.8) is 0 Å². The standard InChI is InChI=1S/C29H44O5/c1-20(13-15-27(31)29(5,6)32)10-9-11-21(2)16-25(30)17-22(3)12-14-24-19-26(33-7)18-23(4)28(24)34-8/h10,12,16,18-19,27,31-32H,9,11,13-15,17H2,1-8H3/b20-10+,21-16+,22-12+/t27-/m0/s1. The van der Waals surface area contributed by atoms with Gasteiger partial charge in [0.25, 0.3) is 0 Å². The Morgan fingerprint density at radius 2 is 1.71 bits per heavy atom. The largest absolute Gasteiger partial charge is 0.497 e. The van der Waals surface area contributed by atoms with Crippen molar-refractivity contribution in [3.8, 4) is 11.5 Å². The molecular formula is C29H44O5. The number of hydrogen-bond donors (Lipinski definition) is 2. The van der Waals surface area contributed by atoms with E-state index in [9.17, 15) is 15.0 Å². The van der Waals surface area contributed by atoms with Crippen molar-refractivity contribution in [2.75, 3.05) is 14.2 Å². The summed E-state index contributed by atoms with van der Waals surface area (Å²) in [6.45, 7) is 11.2. The first-order chi connectivity index (χ1) is 15.9. The molecule has 1 rings (SSSR count). The predicted molar refractivity (Wildman–Crippen MR) is 140 cm³/mol. The SMILES string of the molecule is COc1cc(C)c(OC)c(C/C=C(\C)CC(=O)/C=C(\C)CC/C=C(\C)CC[C@H](O)C(C)(C)O)c1. The molecule has 0 saturated heterocycles. The summed E-state index contributed by atoms with van der Waals surface area (Å²) in [6.07, 6.45) is 9.25. The second-order valence-electron chi connectivity index (χ2n) is 9.82. The molecular weight excluding hydrogens is 428 g/mol. The third-order valence-corrected chi connectivity index (χ3v) is 5.95. The normalized spacial score (nSPS) is 14.2. The lowest BCUT2D eigenvalue weighted by molar-refractivity contribution is -0.114. The molecule has 5 heteroatoms. The lowest BCUT2D eigenvalue weighted by Crippen LogP contribution is -2.35. The van der Waals surface area contributed by atoms with Gasteiger partial charge in [-0.1, -0.05) is 28.9 Å². The van der Waals surface area contributed by atoms with Crippen molar-refractivity contribution in [2.24, 2.45) is 0 Å². The van der Waals surface area contributed by atoms with Gasteiger partial charge in [0.05, 0.1) is 25.9 Å². The first-order valence-corrected chi connectivity index (χ1v) is 12.0. The van der Waals surface area contributed by atoms with Crippen LogP contribution >= 0.6 is 0 Å². The van der Waals surface area contributed by atoms with Crippen LogP contribution in [0.3, 0.4) is 0 Å². The molecule has 0 heterocycles. The zero-order chi connectivity index (χ0) is 25.9. The van der Waals surface area contributed by atoms with Gasteiger partial charge in [-0.2, -0.15) is 0 Å². The summed E-state index contributed by atoms with van der Waals surface area (Å²) in [5, 5.41) is 19.8. The Bertz CT molecular complexity index is 900. The Balaban J connectivity index is 2.59. The smallest absolute Gasteiger partial charge is 0.159 e. The van der Waals surface area contributed by atoms with Crippen LogP contribution in [0.4, 0.5) is 0 Å². The van der Waals surface area contributed by atoms with Crippen LogP contribution in [0, 0.1) is 6.92 Å². The summed E-state index contributed by atoms with van der Waals surface area (Å²) in [7, 11) is 3.32. The van der Waals surface area contributed by atoms with E-state index >= 15 is 0 Å². The molecule has 0 unspecified atom stereocenters. The van der Waals surface area contributed by atoms with E-state index < -0.39 is 11.7 Å². The van der Waals surface area contributed by atoms with Gasteiger partial charge < -0.3 is 19.7 Å². The fourth-order valence-corrected chi connectivity index (χ4v) is 3.77. The van der Waals surface area contributed by atoms with E-state index in [0.717, 1.165) is 53.0 Å². The Labute approximate surface area is 206 Å². The number of ketones is 1. The lowest BCUT2D eigenvalue weighted by Gasteiger charge is -2.24. The number of methoxy groups -OCH3 is 2. The van der Waals surface area contributed by atoms with E-state index in [-0.39, 0.29) is 5.78 Å². The van der Waals surface area contributed by atoms with Crippen LogP contribution in [0.15, 0.2) is 47.1 Å². The monoisotopic (exact) mass is 472 g/mol. The van der Waals surface area contributed by atoms with Crippen molar-refractivity contribution < 1.29 is 24.5 Å². The number of hydrogen-bond acceptors (Lipinski definition) is 5. The fourth-order valence-electron chi connectivity index (χ4n) is 3.77. The van der Waals surface area contributed by atoms with E-state index in [1.54, 1.807) is 34.1 Å². The average molecular weight is 473 g/mol. The molecule has 190 valence electrons. The highest BCUT2D eigenvalue weighted by atomic mass is 16.5. The number of aliphatic hydroxyl groups excluding tert-OH is 1. The first kappa shape index (κ1) is 29.7. The molecule has 0 aromatic heterocycles.